The SMILES string of the molecule is CC(C)(C)OC(=O)N1CCN(c2cccnc2Oc2ccccc2Cl)CC1. The average molecular weight is 390 g/mol. The van der Waals surface area contributed by atoms with Crippen molar-refractivity contribution in [2.75, 3.05) is 31.1 Å². The van der Waals surface area contributed by atoms with Gasteiger partial charge in [-0.25, -0.2) is 9.78 Å². The molecule has 2 aromatic rings. The summed E-state index contributed by atoms with van der Waals surface area (Å²) in [7, 11) is 0. The van der Waals surface area contributed by atoms with Gasteiger partial charge in [0.2, 0.25) is 5.88 Å². The third kappa shape index (κ3) is 5.04. The molecule has 1 fully saturated rings. The summed E-state index contributed by atoms with van der Waals surface area (Å²) in [4.78, 5) is 20.5. The van der Waals surface area contributed by atoms with E-state index in [0.717, 1.165) is 5.69 Å². The number of rotatable bonds is 3. The topological polar surface area (TPSA) is 54.9 Å². The number of carbonyl (C=O) groups excluding carboxylic acids is 1. The minimum absolute atomic E-state index is 0.277. The van der Waals surface area contributed by atoms with Crippen LogP contribution in [0.3, 0.4) is 0 Å². The predicted octanol–water partition coefficient (Wildman–Crippen LogP) is 4.58. The van der Waals surface area contributed by atoms with Gasteiger partial charge in [0.15, 0.2) is 0 Å². The molecule has 1 aliphatic rings. The van der Waals surface area contributed by atoms with Crippen LogP contribution in [0.1, 0.15) is 20.8 Å². The number of ether oxygens (including phenoxy) is 2. The summed E-state index contributed by atoms with van der Waals surface area (Å²) in [6.07, 6.45) is 1.41. The molecule has 0 radical (unpaired) electrons. The van der Waals surface area contributed by atoms with E-state index in [1.807, 2.05) is 45.0 Å². The summed E-state index contributed by atoms with van der Waals surface area (Å²) in [6.45, 7) is 8.11. The van der Waals surface area contributed by atoms with E-state index in [-0.39, 0.29) is 6.09 Å². The minimum atomic E-state index is -0.493. The lowest BCUT2D eigenvalue weighted by Gasteiger charge is -2.36. The van der Waals surface area contributed by atoms with Gasteiger partial charge in [-0.2, -0.15) is 0 Å². The molecule has 27 heavy (non-hydrogen) atoms. The molecule has 0 aliphatic carbocycles. The van der Waals surface area contributed by atoms with Crippen LogP contribution in [0.15, 0.2) is 42.6 Å². The van der Waals surface area contributed by atoms with Crippen molar-refractivity contribution in [2.45, 2.75) is 26.4 Å². The molecule has 7 heteroatoms. The van der Waals surface area contributed by atoms with Gasteiger partial charge in [-0.15, -0.1) is 0 Å². The lowest BCUT2D eigenvalue weighted by atomic mass is 10.2. The Balaban J connectivity index is 1.68. The van der Waals surface area contributed by atoms with Crippen LogP contribution in [0, 0.1) is 0 Å². The lowest BCUT2D eigenvalue weighted by Crippen LogP contribution is -2.50. The van der Waals surface area contributed by atoms with Crippen LogP contribution in [-0.2, 0) is 4.74 Å². The number of benzene rings is 1. The van der Waals surface area contributed by atoms with Gasteiger partial charge in [-0.3, -0.25) is 0 Å². The second kappa shape index (κ2) is 8.05. The highest BCUT2D eigenvalue weighted by atomic mass is 35.5. The van der Waals surface area contributed by atoms with Crippen molar-refractivity contribution in [2.24, 2.45) is 0 Å². The molecule has 0 atom stereocenters. The van der Waals surface area contributed by atoms with Crippen LogP contribution in [0.25, 0.3) is 0 Å². The molecule has 1 aliphatic heterocycles. The van der Waals surface area contributed by atoms with E-state index in [9.17, 15) is 4.79 Å². The number of carbonyl (C=O) groups is 1. The van der Waals surface area contributed by atoms with E-state index < -0.39 is 5.60 Å². The molecule has 1 saturated heterocycles. The number of hydrogen-bond donors (Lipinski definition) is 0. The Morgan fingerprint density at radius 1 is 1.07 bits per heavy atom. The average Bonchev–Trinajstić information content (AvgIpc) is 2.63. The molecular weight excluding hydrogens is 366 g/mol. The number of nitrogens with zero attached hydrogens (tertiary/aromatic N) is 3. The number of pyridine rings is 1. The smallest absolute Gasteiger partial charge is 0.410 e. The van der Waals surface area contributed by atoms with E-state index in [4.69, 9.17) is 21.1 Å². The van der Waals surface area contributed by atoms with Crippen LogP contribution in [0.5, 0.6) is 11.6 Å². The number of piperazine rings is 1. The van der Waals surface area contributed by atoms with Crippen LogP contribution in [-0.4, -0.2) is 47.8 Å². The van der Waals surface area contributed by atoms with Crippen molar-refractivity contribution in [1.29, 1.82) is 0 Å². The monoisotopic (exact) mass is 389 g/mol. The van der Waals surface area contributed by atoms with Gasteiger partial charge >= 0.3 is 6.09 Å². The Labute approximate surface area is 164 Å². The summed E-state index contributed by atoms with van der Waals surface area (Å²) in [5.74, 6) is 1.06. The number of amides is 1. The minimum Gasteiger partial charge on any atom is -0.444 e. The van der Waals surface area contributed by atoms with Gasteiger partial charge in [0, 0.05) is 32.4 Å². The maximum Gasteiger partial charge on any atom is 0.410 e. The van der Waals surface area contributed by atoms with Crippen LogP contribution in [0.4, 0.5) is 10.5 Å². The standard InChI is InChI=1S/C20H24ClN3O3/c1-20(2,3)27-19(25)24-13-11-23(12-14-24)16-8-6-10-22-18(16)26-17-9-5-4-7-15(17)21/h4-10H,11-14H2,1-3H3. The molecular formula is C20H24ClN3O3. The van der Waals surface area contributed by atoms with E-state index in [2.05, 4.69) is 9.88 Å². The zero-order valence-corrected chi connectivity index (χ0v) is 16.6. The first-order valence-electron chi connectivity index (χ1n) is 8.94. The fourth-order valence-electron chi connectivity index (χ4n) is 2.79. The number of para-hydroxylation sites is 1. The third-order valence-electron chi connectivity index (χ3n) is 4.07. The van der Waals surface area contributed by atoms with Crippen molar-refractivity contribution in [3.8, 4) is 11.6 Å². The van der Waals surface area contributed by atoms with Crippen molar-refractivity contribution < 1.29 is 14.3 Å². The highest BCUT2D eigenvalue weighted by Crippen LogP contribution is 2.34. The Kier molecular flexibility index (Phi) is 5.75. The number of halogens is 1. The van der Waals surface area contributed by atoms with Gasteiger partial charge in [0.05, 0.1) is 5.02 Å². The first-order valence-corrected chi connectivity index (χ1v) is 9.31. The lowest BCUT2D eigenvalue weighted by molar-refractivity contribution is 0.0240. The Bertz CT molecular complexity index is 799. The van der Waals surface area contributed by atoms with Gasteiger partial charge in [-0.05, 0) is 45.0 Å². The number of anilines is 1. The van der Waals surface area contributed by atoms with E-state index in [1.165, 1.54) is 0 Å². The van der Waals surface area contributed by atoms with Crippen molar-refractivity contribution in [3.05, 3.63) is 47.6 Å². The van der Waals surface area contributed by atoms with Gasteiger partial charge < -0.3 is 19.3 Å². The van der Waals surface area contributed by atoms with E-state index in [1.54, 1.807) is 23.2 Å². The molecule has 1 aromatic heterocycles. The third-order valence-corrected chi connectivity index (χ3v) is 4.38. The predicted molar refractivity (Wildman–Crippen MR) is 106 cm³/mol. The first kappa shape index (κ1) is 19.3. The van der Waals surface area contributed by atoms with Crippen molar-refractivity contribution in [3.63, 3.8) is 0 Å². The number of aromatic nitrogens is 1. The molecule has 0 N–H and O–H groups in total. The highest BCUT2D eigenvalue weighted by molar-refractivity contribution is 6.32. The fraction of sp³-hybridized carbons (Fsp3) is 0.400. The zero-order chi connectivity index (χ0) is 19.4. The highest BCUT2D eigenvalue weighted by Gasteiger charge is 2.27. The fourth-order valence-corrected chi connectivity index (χ4v) is 2.96. The normalized spacial score (nSPS) is 14.8. The summed E-state index contributed by atoms with van der Waals surface area (Å²) in [6, 6.07) is 11.1. The molecule has 0 unspecified atom stereocenters. The first-order chi connectivity index (χ1) is 12.8. The zero-order valence-electron chi connectivity index (χ0n) is 15.8. The Morgan fingerprint density at radius 2 is 1.78 bits per heavy atom. The second-order valence-electron chi connectivity index (χ2n) is 7.31. The molecule has 1 amide bonds. The maximum absolute atomic E-state index is 12.2. The van der Waals surface area contributed by atoms with Gasteiger partial charge in [-0.1, -0.05) is 23.7 Å². The molecule has 6 nitrogen and oxygen atoms in total. The molecule has 0 saturated carbocycles. The maximum atomic E-state index is 12.2. The van der Waals surface area contributed by atoms with Crippen LogP contribution < -0.4 is 9.64 Å². The summed E-state index contributed by atoms with van der Waals surface area (Å²) < 4.78 is 11.4. The summed E-state index contributed by atoms with van der Waals surface area (Å²) >= 11 is 6.19. The summed E-state index contributed by atoms with van der Waals surface area (Å²) in [5, 5.41) is 0.531. The van der Waals surface area contributed by atoms with Crippen molar-refractivity contribution >= 4 is 23.4 Å². The Hall–Kier alpha value is -2.47. The second-order valence-corrected chi connectivity index (χ2v) is 7.72. The van der Waals surface area contributed by atoms with E-state index in [0.29, 0.717) is 42.8 Å². The summed E-state index contributed by atoms with van der Waals surface area (Å²) in [5.41, 5.74) is 0.384. The Morgan fingerprint density at radius 3 is 2.44 bits per heavy atom. The van der Waals surface area contributed by atoms with Gasteiger partial charge in [0.1, 0.15) is 17.0 Å². The molecule has 0 bridgehead atoms. The molecule has 0 spiro atoms. The van der Waals surface area contributed by atoms with Gasteiger partial charge in [0.25, 0.3) is 0 Å². The molecule has 1 aromatic carbocycles. The molecule has 2 heterocycles. The van der Waals surface area contributed by atoms with E-state index >= 15 is 0 Å². The molecule has 144 valence electrons. The van der Waals surface area contributed by atoms with Crippen LogP contribution >= 0.6 is 11.6 Å². The van der Waals surface area contributed by atoms with Crippen LogP contribution in [0.2, 0.25) is 5.02 Å². The largest absolute Gasteiger partial charge is 0.444 e. The van der Waals surface area contributed by atoms with Crippen molar-refractivity contribution in [1.82, 2.24) is 9.88 Å². The number of hydrogen-bond acceptors (Lipinski definition) is 5. The molecule has 3 rings (SSSR count). The quantitative estimate of drug-likeness (QED) is 0.768.